The van der Waals surface area contributed by atoms with Gasteiger partial charge in [0.25, 0.3) is 0 Å². The minimum atomic E-state index is -0.778. The minimum absolute atomic E-state index is 0.778. The number of rotatable bonds is 4. The Morgan fingerprint density at radius 1 is 1.22 bits per heavy atom. The second-order valence-electron chi connectivity index (χ2n) is 3.31. The third-order valence-corrected chi connectivity index (χ3v) is 5.60. The van der Waals surface area contributed by atoms with E-state index in [1.807, 2.05) is 0 Å². The van der Waals surface area contributed by atoms with E-state index >= 15 is 0 Å². The van der Waals surface area contributed by atoms with E-state index in [9.17, 15) is 0 Å². The third-order valence-electron chi connectivity index (χ3n) is 1.03. The van der Waals surface area contributed by atoms with Crippen LogP contribution in [0.3, 0.4) is 0 Å². The summed E-state index contributed by atoms with van der Waals surface area (Å²) < 4.78 is 0. The molecule has 0 aromatic carbocycles. The maximum absolute atomic E-state index is 2.41. The summed E-state index contributed by atoms with van der Waals surface area (Å²) in [4.78, 5) is 0. The van der Waals surface area contributed by atoms with Gasteiger partial charge in [0.1, 0.15) is 7.22 Å². The summed E-state index contributed by atoms with van der Waals surface area (Å²) in [5, 5.41) is 0. The zero-order chi connectivity index (χ0) is 7.33. The summed E-state index contributed by atoms with van der Waals surface area (Å²) in [7, 11) is -0.778. The molecule has 0 amide bonds. The van der Waals surface area contributed by atoms with Crippen molar-refractivity contribution in [2.45, 2.75) is 39.4 Å². The molecule has 0 saturated carbocycles. The Bertz CT molecular complexity index is 65.8. The Morgan fingerprint density at radius 2 is 1.78 bits per heavy atom. The smallest absolute Gasteiger partial charge is 0.108 e. The van der Waals surface area contributed by atoms with Gasteiger partial charge in [-0.15, -0.1) is 0 Å². The summed E-state index contributed by atoms with van der Waals surface area (Å²) in [6, 6.07) is 0. The second kappa shape index (κ2) is 4.39. The van der Waals surface area contributed by atoms with Crippen molar-refractivity contribution in [3.05, 3.63) is 0 Å². The highest BCUT2D eigenvalue weighted by molar-refractivity contribution is 8.28. The molecular weight excluding hydrogens is 144 g/mol. The first-order valence-corrected chi connectivity index (χ1v) is 8.91. The van der Waals surface area contributed by atoms with Crippen LogP contribution in [0, 0.1) is 0 Å². The van der Waals surface area contributed by atoms with Gasteiger partial charge in [0, 0.05) is 0 Å². The van der Waals surface area contributed by atoms with Gasteiger partial charge in [-0.1, -0.05) is 33.0 Å². The predicted octanol–water partition coefficient (Wildman–Crippen LogP) is 3.35. The molecule has 0 aliphatic heterocycles. The van der Waals surface area contributed by atoms with Gasteiger partial charge in [-0.05, 0) is 12.2 Å². The van der Waals surface area contributed by atoms with E-state index in [0.29, 0.717) is 0 Å². The summed E-state index contributed by atoms with van der Waals surface area (Å²) in [5.74, 6) is 1.38. The van der Waals surface area contributed by atoms with E-state index < -0.39 is 7.22 Å². The van der Waals surface area contributed by atoms with E-state index in [0.717, 1.165) is 0 Å². The molecule has 0 atom stereocenters. The fourth-order valence-electron chi connectivity index (χ4n) is 0.523. The average molecular weight is 162 g/mol. The van der Waals surface area contributed by atoms with E-state index in [1.165, 1.54) is 18.6 Å². The molecule has 0 spiro atoms. The van der Waals surface area contributed by atoms with E-state index in [4.69, 9.17) is 0 Å². The molecule has 0 bridgehead atoms. The van der Waals surface area contributed by atoms with Gasteiger partial charge in [0.2, 0.25) is 0 Å². The van der Waals surface area contributed by atoms with Gasteiger partial charge >= 0.3 is 0 Å². The molecule has 0 heterocycles. The quantitative estimate of drug-likeness (QED) is 0.451. The monoisotopic (exact) mass is 162 g/mol. The fraction of sp³-hybridized carbons (Fsp3) is 1.00. The highest BCUT2D eigenvalue weighted by atomic mass is 32.4. The Kier molecular flexibility index (Phi) is 4.67. The Hall–Kier alpha value is 0.567. The van der Waals surface area contributed by atoms with Crippen molar-refractivity contribution in [3.8, 4) is 0 Å². The Morgan fingerprint density at radius 3 is 2.11 bits per heavy atom. The third kappa shape index (κ3) is 8.57. The van der Waals surface area contributed by atoms with Gasteiger partial charge in [0.05, 0.1) is 0 Å². The zero-order valence-corrected chi connectivity index (χ0v) is 8.85. The molecule has 0 nitrogen and oxygen atoms in total. The van der Waals surface area contributed by atoms with Crippen molar-refractivity contribution in [2.75, 3.05) is 5.75 Å². The summed E-state index contributed by atoms with van der Waals surface area (Å²) in [6.07, 6.45) is 2.74. The summed E-state index contributed by atoms with van der Waals surface area (Å²) in [6.45, 7) is 9.48. The Balaban J connectivity index is 3.07. The van der Waals surface area contributed by atoms with Gasteiger partial charge < -0.3 is 0 Å². The van der Waals surface area contributed by atoms with Crippen molar-refractivity contribution in [3.63, 3.8) is 0 Å². The summed E-state index contributed by atoms with van der Waals surface area (Å²) >= 11 is 2.20. The maximum Gasteiger partial charge on any atom is 0.108 e. The topological polar surface area (TPSA) is 0 Å². The molecule has 56 valence electrons. The molecule has 2 heteroatoms. The molecule has 0 aromatic rings. The molecule has 9 heavy (non-hydrogen) atoms. The molecule has 0 aliphatic rings. The van der Waals surface area contributed by atoms with Crippen molar-refractivity contribution < 1.29 is 0 Å². The predicted molar refractivity (Wildman–Crippen MR) is 50.7 cm³/mol. The lowest BCUT2D eigenvalue weighted by molar-refractivity contribution is 0.898. The van der Waals surface area contributed by atoms with Crippen LogP contribution in [-0.4, -0.2) is 13.0 Å². The van der Waals surface area contributed by atoms with Crippen LogP contribution in [0.4, 0.5) is 0 Å². The van der Waals surface area contributed by atoms with Crippen LogP contribution in [0.1, 0.15) is 19.8 Å². The molecule has 0 saturated heterocycles. The lowest BCUT2D eigenvalue weighted by atomic mass is 10.4. The van der Waals surface area contributed by atoms with Crippen LogP contribution >= 0.6 is 11.2 Å². The summed E-state index contributed by atoms with van der Waals surface area (Å²) in [5.41, 5.74) is 0. The molecule has 0 unspecified atom stereocenters. The Labute approximate surface area is 64.1 Å². The van der Waals surface area contributed by atoms with Crippen LogP contribution in [0.5, 0.6) is 0 Å². The molecular formula is C7H18SSi. The molecule has 0 aromatic heterocycles. The first kappa shape index (κ1) is 9.57. The van der Waals surface area contributed by atoms with Crippen LogP contribution in [0.25, 0.3) is 0 Å². The fourth-order valence-corrected chi connectivity index (χ4v) is 3.84. The standard InChI is InChI=1S/C7H18SSi/c1-5-6-7-8-9(2,3)4/h5-7H2,1-4H3. The van der Waals surface area contributed by atoms with Gasteiger partial charge in [-0.3, -0.25) is 0 Å². The lowest BCUT2D eigenvalue weighted by Crippen LogP contribution is -2.14. The highest BCUT2D eigenvalue weighted by Gasteiger charge is 2.11. The minimum Gasteiger partial charge on any atom is -0.186 e. The number of hydrogen-bond donors (Lipinski definition) is 0. The lowest BCUT2D eigenvalue weighted by Gasteiger charge is -2.13. The van der Waals surface area contributed by atoms with Gasteiger partial charge in [-0.25, -0.2) is 0 Å². The van der Waals surface area contributed by atoms with E-state index in [-0.39, 0.29) is 0 Å². The number of hydrogen-bond acceptors (Lipinski definition) is 1. The molecule has 0 aliphatic carbocycles. The molecule has 0 fully saturated rings. The average Bonchev–Trinajstić information content (AvgIpc) is 1.63. The number of unbranched alkanes of at least 4 members (excludes halogenated alkanes) is 1. The first-order chi connectivity index (χ1) is 4.06. The molecule has 0 rings (SSSR count). The first-order valence-electron chi connectivity index (χ1n) is 3.70. The largest absolute Gasteiger partial charge is 0.186 e. The van der Waals surface area contributed by atoms with E-state index in [2.05, 4.69) is 37.8 Å². The van der Waals surface area contributed by atoms with Gasteiger partial charge in [-0.2, -0.15) is 11.2 Å². The van der Waals surface area contributed by atoms with Gasteiger partial charge in [0.15, 0.2) is 0 Å². The maximum atomic E-state index is 2.41. The molecule has 0 N–H and O–H groups in total. The zero-order valence-electron chi connectivity index (χ0n) is 7.03. The molecule has 0 radical (unpaired) electrons. The second-order valence-corrected chi connectivity index (χ2v) is 12.8. The van der Waals surface area contributed by atoms with Crippen molar-refractivity contribution in [1.82, 2.24) is 0 Å². The van der Waals surface area contributed by atoms with Crippen molar-refractivity contribution in [1.29, 1.82) is 0 Å². The van der Waals surface area contributed by atoms with E-state index in [1.54, 1.807) is 0 Å². The van der Waals surface area contributed by atoms with Crippen LogP contribution in [0.2, 0.25) is 19.6 Å². The SMILES string of the molecule is CCCCS[Si](C)(C)C. The normalized spacial score (nSPS) is 12.0. The van der Waals surface area contributed by atoms with Crippen LogP contribution < -0.4 is 0 Å². The van der Waals surface area contributed by atoms with Crippen LogP contribution in [-0.2, 0) is 0 Å². The van der Waals surface area contributed by atoms with Crippen molar-refractivity contribution in [2.24, 2.45) is 0 Å². The van der Waals surface area contributed by atoms with Crippen LogP contribution in [0.15, 0.2) is 0 Å². The van der Waals surface area contributed by atoms with Crippen molar-refractivity contribution >= 4 is 18.4 Å². The highest BCUT2D eigenvalue weighted by Crippen LogP contribution is 2.20.